The van der Waals surface area contributed by atoms with Crippen LogP contribution in [0.1, 0.15) is 24.8 Å². The minimum absolute atomic E-state index is 0.151. The van der Waals surface area contributed by atoms with Crippen molar-refractivity contribution in [3.63, 3.8) is 0 Å². The molecule has 1 fully saturated rings. The van der Waals surface area contributed by atoms with Gasteiger partial charge in [-0.3, -0.25) is 4.79 Å². The maximum Gasteiger partial charge on any atom is 0.223 e. The van der Waals surface area contributed by atoms with E-state index in [1.54, 1.807) is 16.9 Å². The highest BCUT2D eigenvalue weighted by Crippen LogP contribution is 2.27. The zero-order chi connectivity index (χ0) is 17.5. The van der Waals surface area contributed by atoms with Gasteiger partial charge in [0, 0.05) is 24.1 Å². The number of imidazole rings is 1. The van der Waals surface area contributed by atoms with Crippen molar-refractivity contribution in [3.05, 3.63) is 48.3 Å². The summed E-state index contributed by atoms with van der Waals surface area (Å²) in [6.07, 6.45) is 6.64. The van der Waals surface area contributed by atoms with Crippen LogP contribution >= 0.6 is 0 Å². The number of carbonyl (C=O) groups is 1. The first kappa shape index (κ1) is 15.1. The monoisotopic (exact) mass is 346 g/mol. The van der Waals surface area contributed by atoms with Crippen molar-refractivity contribution in [3.8, 4) is 11.4 Å². The summed E-state index contributed by atoms with van der Waals surface area (Å²) in [5, 5.41) is 7.35. The van der Waals surface area contributed by atoms with Crippen LogP contribution < -0.4 is 5.32 Å². The fourth-order valence-electron chi connectivity index (χ4n) is 3.35. The van der Waals surface area contributed by atoms with Crippen LogP contribution in [0.3, 0.4) is 0 Å². The maximum atomic E-state index is 12.1. The summed E-state index contributed by atoms with van der Waals surface area (Å²) in [6.45, 7) is 0.498. The Hall–Kier alpha value is -3.22. The van der Waals surface area contributed by atoms with Gasteiger partial charge in [-0.2, -0.15) is 9.61 Å². The number of amides is 1. The Morgan fingerprint density at radius 2 is 2.15 bits per heavy atom. The van der Waals surface area contributed by atoms with Gasteiger partial charge in [0.05, 0.1) is 12.4 Å². The summed E-state index contributed by atoms with van der Waals surface area (Å²) >= 11 is 0. The summed E-state index contributed by atoms with van der Waals surface area (Å²) in [7, 11) is 0. The average Bonchev–Trinajstić information content (AvgIpc) is 3.24. The number of H-pyrrole nitrogens is 1. The molecule has 0 spiro atoms. The topological polar surface area (TPSA) is 88.0 Å². The van der Waals surface area contributed by atoms with Crippen LogP contribution in [0.15, 0.2) is 42.7 Å². The molecule has 1 amide bonds. The van der Waals surface area contributed by atoms with Gasteiger partial charge in [-0.25, -0.2) is 9.97 Å². The standard InChI is InChI=1S/C19H18N6O/c26-19(12-5-3-6-12)21-10-13-4-1-2-7-14(13)17-23-15-11-20-16-8-9-22-25(16)18(15)24-17/h1-2,4,7-9,11-12H,3,5-6,10H2,(H,21,26)(H,23,24). The molecule has 26 heavy (non-hydrogen) atoms. The molecule has 3 heterocycles. The van der Waals surface area contributed by atoms with Crippen LogP contribution in [0.5, 0.6) is 0 Å². The van der Waals surface area contributed by atoms with E-state index in [0.717, 1.165) is 53.0 Å². The van der Waals surface area contributed by atoms with Gasteiger partial charge >= 0.3 is 0 Å². The fraction of sp³-hybridized carbons (Fsp3) is 0.263. The molecule has 4 aromatic rings. The lowest BCUT2D eigenvalue weighted by Gasteiger charge is -2.24. The lowest BCUT2D eigenvalue weighted by atomic mass is 9.85. The van der Waals surface area contributed by atoms with Crippen molar-refractivity contribution < 1.29 is 4.79 Å². The number of hydrogen-bond acceptors (Lipinski definition) is 4. The van der Waals surface area contributed by atoms with Crippen LogP contribution in [-0.2, 0) is 11.3 Å². The number of nitrogens with one attached hydrogen (secondary N) is 2. The Balaban J connectivity index is 1.49. The minimum atomic E-state index is 0.151. The molecule has 0 radical (unpaired) electrons. The smallest absolute Gasteiger partial charge is 0.223 e. The molecule has 1 aliphatic rings. The molecule has 7 heteroatoms. The lowest BCUT2D eigenvalue weighted by molar-refractivity contribution is -0.127. The molecular weight excluding hydrogens is 328 g/mol. The van der Waals surface area contributed by atoms with Crippen molar-refractivity contribution in [2.75, 3.05) is 0 Å². The third kappa shape index (κ3) is 2.44. The quantitative estimate of drug-likeness (QED) is 0.595. The first-order chi connectivity index (χ1) is 12.8. The predicted molar refractivity (Wildman–Crippen MR) is 97.3 cm³/mol. The van der Waals surface area contributed by atoms with E-state index in [1.165, 1.54) is 0 Å². The van der Waals surface area contributed by atoms with E-state index < -0.39 is 0 Å². The van der Waals surface area contributed by atoms with E-state index in [4.69, 9.17) is 4.98 Å². The zero-order valence-corrected chi connectivity index (χ0v) is 14.1. The van der Waals surface area contributed by atoms with E-state index >= 15 is 0 Å². The average molecular weight is 346 g/mol. The summed E-state index contributed by atoms with van der Waals surface area (Å²) in [5.41, 5.74) is 4.33. The molecule has 1 aliphatic carbocycles. The van der Waals surface area contributed by atoms with Gasteiger partial charge in [-0.05, 0) is 18.4 Å². The van der Waals surface area contributed by atoms with Crippen molar-refractivity contribution in [2.24, 2.45) is 5.92 Å². The molecule has 0 atom stereocenters. The van der Waals surface area contributed by atoms with Gasteiger partial charge in [-0.15, -0.1) is 0 Å². The molecule has 0 bridgehead atoms. The van der Waals surface area contributed by atoms with Crippen LogP contribution in [0.2, 0.25) is 0 Å². The van der Waals surface area contributed by atoms with Crippen molar-refractivity contribution in [2.45, 2.75) is 25.8 Å². The Kier molecular flexibility index (Phi) is 3.44. The Bertz CT molecular complexity index is 1110. The molecule has 0 saturated heterocycles. The van der Waals surface area contributed by atoms with Gasteiger partial charge in [0.25, 0.3) is 0 Å². The molecule has 130 valence electrons. The van der Waals surface area contributed by atoms with Gasteiger partial charge in [0.2, 0.25) is 5.91 Å². The van der Waals surface area contributed by atoms with Crippen molar-refractivity contribution in [1.82, 2.24) is 29.9 Å². The molecule has 5 rings (SSSR count). The SMILES string of the molecule is O=C(NCc1ccccc1-c1nc2c(cnc3ccnn32)[nH]1)C1CCC1. The fourth-order valence-corrected chi connectivity index (χ4v) is 3.35. The Labute approximate surface area is 149 Å². The summed E-state index contributed by atoms with van der Waals surface area (Å²) in [4.78, 5) is 24.6. The minimum Gasteiger partial charge on any atom is -0.352 e. The molecule has 0 aliphatic heterocycles. The Morgan fingerprint density at radius 3 is 3.00 bits per heavy atom. The van der Waals surface area contributed by atoms with Crippen LogP contribution in [0.25, 0.3) is 28.2 Å². The normalized spacial score (nSPS) is 14.6. The molecule has 3 aromatic heterocycles. The van der Waals surface area contributed by atoms with E-state index in [9.17, 15) is 4.79 Å². The van der Waals surface area contributed by atoms with E-state index in [-0.39, 0.29) is 11.8 Å². The number of carbonyl (C=O) groups excluding carboxylic acids is 1. The predicted octanol–water partition coefficient (Wildman–Crippen LogP) is 2.69. The first-order valence-electron chi connectivity index (χ1n) is 8.84. The first-order valence-corrected chi connectivity index (χ1v) is 8.84. The largest absolute Gasteiger partial charge is 0.352 e. The molecule has 1 aromatic carbocycles. The number of fused-ring (bicyclic) bond motifs is 3. The third-order valence-corrected chi connectivity index (χ3v) is 5.06. The third-order valence-electron chi connectivity index (χ3n) is 5.06. The number of aromatic nitrogens is 5. The molecule has 2 N–H and O–H groups in total. The van der Waals surface area contributed by atoms with E-state index in [0.29, 0.717) is 6.54 Å². The van der Waals surface area contributed by atoms with Crippen LogP contribution in [-0.4, -0.2) is 30.5 Å². The molecule has 1 saturated carbocycles. The van der Waals surface area contributed by atoms with Crippen LogP contribution in [0.4, 0.5) is 0 Å². The lowest BCUT2D eigenvalue weighted by Crippen LogP contribution is -2.34. The second-order valence-corrected chi connectivity index (χ2v) is 6.68. The Morgan fingerprint density at radius 1 is 1.27 bits per heavy atom. The molecular formula is C19H18N6O. The van der Waals surface area contributed by atoms with Crippen molar-refractivity contribution in [1.29, 1.82) is 0 Å². The summed E-state index contributed by atoms with van der Waals surface area (Å²) in [6, 6.07) is 9.82. The number of hydrogen-bond donors (Lipinski definition) is 2. The summed E-state index contributed by atoms with van der Waals surface area (Å²) < 4.78 is 1.72. The summed E-state index contributed by atoms with van der Waals surface area (Å²) in [5.74, 6) is 1.09. The van der Waals surface area contributed by atoms with E-state index in [2.05, 4.69) is 20.4 Å². The van der Waals surface area contributed by atoms with E-state index in [1.807, 2.05) is 30.3 Å². The van der Waals surface area contributed by atoms with Crippen molar-refractivity contribution >= 4 is 22.7 Å². The zero-order valence-electron chi connectivity index (χ0n) is 14.1. The van der Waals surface area contributed by atoms with Crippen LogP contribution in [0, 0.1) is 5.92 Å². The second kappa shape index (κ2) is 5.94. The maximum absolute atomic E-state index is 12.1. The molecule has 0 unspecified atom stereocenters. The van der Waals surface area contributed by atoms with Gasteiger partial charge in [0.1, 0.15) is 11.3 Å². The second-order valence-electron chi connectivity index (χ2n) is 6.68. The molecule has 7 nitrogen and oxygen atoms in total. The number of aromatic amines is 1. The number of rotatable bonds is 4. The highest BCUT2D eigenvalue weighted by Gasteiger charge is 2.25. The number of nitrogens with zero attached hydrogens (tertiary/aromatic N) is 4. The van der Waals surface area contributed by atoms with Gasteiger partial charge in [0.15, 0.2) is 11.3 Å². The van der Waals surface area contributed by atoms with Gasteiger partial charge < -0.3 is 10.3 Å². The number of benzene rings is 1. The van der Waals surface area contributed by atoms with Gasteiger partial charge in [-0.1, -0.05) is 30.7 Å². The highest BCUT2D eigenvalue weighted by atomic mass is 16.1. The highest BCUT2D eigenvalue weighted by molar-refractivity contribution is 5.80.